The van der Waals surface area contributed by atoms with Gasteiger partial charge in [0.15, 0.2) is 11.5 Å². The van der Waals surface area contributed by atoms with Gasteiger partial charge < -0.3 is 24.4 Å². The molecule has 0 unspecified atom stereocenters. The van der Waals surface area contributed by atoms with Crippen LogP contribution in [0.4, 0.5) is 23.1 Å². The fourth-order valence-corrected chi connectivity index (χ4v) is 7.12. The van der Waals surface area contributed by atoms with Crippen molar-refractivity contribution in [2.45, 2.75) is 24.7 Å². The van der Waals surface area contributed by atoms with E-state index in [0.717, 1.165) is 40.0 Å². The van der Waals surface area contributed by atoms with Gasteiger partial charge in [0.1, 0.15) is 5.82 Å². The second-order valence-electron chi connectivity index (χ2n) is 11.0. The largest absolute Gasteiger partial charge is 0.493 e. The van der Waals surface area contributed by atoms with Crippen LogP contribution in [0, 0.1) is 0 Å². The quantitative estimate of drug-likeness (QED) is 0.166. The van der Waals surface area contributed by atoms with Crippen LogP contribution in [0.15, 0.2) is 78.0 Å². The highest BCUT2D eigenvalue weighted by Gasteiger charge is 2.21. The minimum atomic E-state index is -3.93. The van der Waals surface area contributed by atoms with Crippen LogP contribution in [0.2, 0.25) is 0 Å². The number of aromatic nitrogens is 4. The minimum absolute atomic E-state index is 0.0453. The van der Waals surface area contributed by atoms with Gasteiger partial charge in [-0.25, -0.2) is 28.4 Å². The van der Waals surface area contributed by atoms with Crippen LogP contribution in [0.25, 0.3) is 21.8 Å². The number of ether oxygens (including phenoxy) is 3. The van der Waals surface area contributed by atoms with E-state index in [-0.39, 0.29) is 10.8 Å². The first-order valence-corrected chi connectivity index (χ1v) is 17.3. The number of hydrogen-bond donors (Lipinski definition) is 2. The third-order valence-electron chi connectivity index (χ3n) is 7.42. The zero-order valence-electron chi connectivity index (χ0n) is 26.4. The Morgan fingerprint density at radius 2 is 1.72 bits per heavy atom. The van der Waals surface area contributed by atoms with Gasteiger partial charge in [0.25, 0.3) is 10.0 Å². The second-order valence-corrected chi connectivity index (χ2v) is 13.7. The Bertz CT molecular complexity index is 1960. The van der Waals surface area contributed by atoms with Crippen LogP contribution in [-0.4, -0.2) is 68.9 Å². The van der Waals surface area contributed by atoms with Gasteiger partial charge in [0.05, 0.1) is 65.5 Å². The number of morpholine rings is 1. The van der Waals surface area contributed by atoms with Crippen LogP contribution in [0.5, 0.6) is 11.5 Å². The summed E-state index contributed by atoms with van der Waals surface area (Å²) in [6.07, 6.45) is 3.47. The highest BCUT2D eigenvalue weighted by atomic mass is 32.2. The maximum absolute atomic E-state index is 13.3. The van der Waals surface area contributed by atoms with Gasteiger partial charge in [0, 0.05) is 42.5 Å². The summed E-state index contributed by atoms with van der Waals surface area (Å²) in [5, 5.41) is 4.19. The van der Waals surface area contributed by atoms with E-state index in [1.165, 1.54) is 26.4 Å². The lowest BCUT2D eigenvalue weighted by Gasteiger charge is -2.27. The summed E-state index contributed by atoms with van der Waals surface area (Å²) < 4.78 is 45.3. The molecule has 14 heteroatoms. The summed E-state index contributed by atoms with van der Waals surface area (Å²) in [4.78, 5) is 21.9. The van der Waals surface area contributed by atoms with Gasteiger partial charge in [-0.1, -0.05) is 26.0 Å². The van der Waals surface area contributed by atoms with E-state index in [0.29, 0.717) is 47.7 Å². The molecule has 12 nitrogen and oxygen atoms in total. The Balaban J connectivity index is 1.27. The summed E-state index contributed by atoms with van der Waals surface area (Å²) in [5.74, 6) is 2.25. The van der Waals surface area contributed by atoms with Crippen LogP contribution < -0.4 is 24.4 Å². The lowest BCUT2D eigenvalue weighted by molar-refractivity contribution is 0.122. The summed E-state index contributed by atoms with van der Waals surface area (Å²) in [6, 6.07) is 17.4. The smallest absolute Gasteiger partial charge is 0.262 e. The van der Waals surface area contributed by atoms with Gasteiger partial charge >= 0.3 is 0 Å². The number of methoxy groups -OCH3 is 2. The number of anilines is 4. The molecule has 0 spiro atoms. The summed E-state index contributed by atoms with van der Waals surface area (Å²) in [5.41, 5.74) is 3.29. The molecule has 4 heterocycles. The molecule has 2 aromatic carbocycles. The molecule has 2 N–H and O–H groups in total. The fourth-order valence-electron chi connectivity index (χ4n) is 4.99. The summed E-state index contributed by atoms with van der Waals surface area (Å²) in [6.45, 7) is 7.18. The van der Waals surface area contributed by atoms with Crippen molar-refractivity contribution in [3.63, 3.8) is 0 Å². The number of thiazole rings is 1. The molecule has 47 heavy (non-hydrogen) atoms. The average molecular weight is 674 g/mol. The van der Waals surface area contributed by atoms with E-state index in [2.05, 4.69) is 38.8 Å². The molecule has 1 aliphatic rings. The molecule has 244 valence electrons. The molecular formula is C33H35N7O5S2. The van der Waals surface area contributed by atoms with Gasteiger partial charge in [-0.05, 0) is 42.5 Å². The van der Waals surface area contributed by atoms with Crippen molar-refractivity contribution in [2.24, 2.45) is 0 Å². The molecule has 5 aromatic rings. The maximum Gasteiger partial charge on any atom is 0.262 e. The van der Waals surface area contributed by atoms with E-state index in [1.807, 2.05) is 24.3 Å². The van der Waals surface area contributed by atoms with Crippen molar-refractivity contribution in [2.75, 3.05) is 55.5 Å². The first kappa shape index (κ1) is 32.2. The molecule has 1 aliphatic heterocycles. The van der Waals surface area contributed by atoms with Crippen molar-refractivity contribution >= 4 is 44.5 Å². The number of sulfonamides is 1. The third kappa shape index (κ3) is 7.29. The predicted octanol–water partition coefficient (Wildman–Crippen LogP) is 6.18. The number of benzene rings is 2. The minimum Gasteiger partial charge on any atom is -0.493 e. The van der Waals surface area contributed by atoms with Gasteiger partial charge in [-0.2, -0.15) is 0 Å². The third-order valence-corrected chi connectivity index (χ3v) is 10.2. The van der Waals surface area contributed by atoms with Gasteiger partial charge in [-0.15, -0.1) is 11.3 Å². The summed E-state index contributed by atoms with van der Waals surface area (Å²) in [7, 11) is -0.978. The molecule has 6 rings (SSSR count). The molecule has 0 amide bonds. The standard InChI is InChI=1S/C33H35N7O5S2/c1-21(2)32-38-30(22-6-5-7-23(18-22)39-47(41,42)25-9-10-27(43-3)28(19-25)44-4)31(46-32)26-12-13-34-33(37-26)36-24-8-11-29(35-20-24)40-14-16-45-17-15-40/h5-13,18-21,39H,14-17H2,1-4H3,(H,34,36,37). The molecule has 1 fully saturated rings. The van der Waals surface area contributed by atoms with Crippen LogP contribution in [0.1, 0.15) is 24.8 Å². The van der Waals surface area contributed by atoms with Gasteiger partial charge in [-0.3, -0.25) is 4.72 Å². The van der Waals surface area contributed by atoms with Crippen LogP contribution in [-0.2, 0) is 14.8 Å². The zero-order chi connectivity index (χ0) is 33.0. The fraction of sp³-hybridized carbons (Fsp3) is 0.273. The number of pyridine rings is 1. The Kier molecular flexibility index (Phi) is 9.52. The Morgan fingerprint density at radius 3 is 2.45 bits per heavy atom. The number of rotatable bonds is 11. The molecule has 1 saturated heterocycles. The molecule has 0 bridgehead atoms. The van der Waals surface area contributed by atoms with E-state index in [1.54, 1.807) is 48.0 Å². The lowest BCUT2D eigenvalue weighted by atomic mass is 10.1. The Morgan fingerprint density at radius 1 is 0.915 bits per heavy atom. The van der Waals surface area contributed by atoms with Crippen molar-refractivity contribution < 1.29 is 22.6 Å². The van der Waals surface area contributed by atoms with Crippen molar-refractivity contribution in [3.8, 4) is 33.3 Å². The molecular weight excluding hydrogens is 639 g/mol. The van der Waals surface area contributed by atoms with E-state index in [9.17, 15) is 8.42 Å². The van der Waals surface area contributed by atoms with E-state index in [4.69, 9.17) is 24.2 Å². The van der Waals surface area contributed by atoms with Crippen molar-refractivity contribution in [1.29, 1.82) is 0 Å². The van der Waals surface area contributed by atoms with Crippen LogP contribution in [0.3, 0.4) is 0 Å². The summed E-state index contributed by atoms with van der Waals surface area (Å²) >= 11 is 1.55. The molecule has 0 atom stereocenters. The second kappa shape index (κ2) is 13.9. The molecule has 3 aromatic heterocycles. The van der Waals surface area contributed by atoms with E-state index >= 15 is 0 Å². The molecule has 0 aliphatic carbocycles. The van der Waals surface area contributed by atoms with E-state index < -0.39 is 10.0 Å². The predicted molar refractivity (Wildman–Crippen MR) is 184 cm³/mol. The SMILES string of the molecule is COc1ccc(S(=O)(=O)Nc2cccc(-c3nc(C(C)C)sc3-c3ccnc(Nc4ccc(N5CCOCC5)nc4)n3)c2)cc1OC. The molecule has 0 radical (unpaired) electrons. The molecule has 0 saturated carbocycles. The van der Waals surface area contributed by atoms with Crippen molar-refractivity contribution in [3.05, 3.63) is 78.1 Å². The first-order valence-electron chi connectivity index (χ1n) is 15.0. The average Bonchev–Trinajstić information content (AvgIpc) is 3.55. The van der Waals surface area contributed by atoms with Crippen LogP contribution >= 0.6 is 11.3 Å². The highest BCUT2D eigenvalue weighted by Crippen LogP contribution is 2.39. The number of hydrogen-bond acceptors (Lipinski definition) is 12. The van der Waals surface area contributed by atoms with Crippen molar-refractivity contribution in [1.82, 2.24) is 19.9 Å². The van der Waals surface area contributed by atoms with Gasteiger partial charge in [0.2, 0.25) is 5.95 Å². The first-order chi connectivity index (χ1) is 22.7. The number of nitrogens with zero attached hydrogens (tertiary/aromatic N) is 5. The topological polar surface area (TPSA) is 141 Å². The normalized spacial score (nSPS) is 13.4. The maximum atomic E-state index is 13.3. The zero-order valence-corrected chi connectivity index (χ0v) is 28.1. The highest BCUT2D eigenvalue weighted by molar-refractivity contribution is 7.92. The Labute approximate surface area is 277 Å². The number of nitrogens with one attached hydrogen (secondary N) is 2. The lowest BCUT2D eigenvalue weighted by Crippen LogP contribution is -2.36. The Hall–Kier alpha value is -4.79. The monoisotopic (exact) mass is 673 g/mol.